The van der Waals surface area contributed by atoms with Crippen LogP contribution in [0, 0.1) is 0 Å². The van der Waals surface area contributed by atoms with Gasteiger partial charge in [-0.25, -0.2) is 4.79 Å². The van der Waals surface area contributed by atoms with Crippen molar-refractivity contribution >= 4 is 40.6 Å². The van der Waals surface area contributed by atoms with Crippen LogP contribution in [0.2, 0.25) is 0 Å². The molecule has 1 N–H and O–H groups in total. The Labute approximate surface area is 180 Å². The van der Waals surface area contributed by atoms with Crippen molar-refractivity contribution in [3.63, 3.8) is 0 Å². The highest BCUT2D eigenvalue weighted by atomic mass is 35.5. The fourth-order valence-corrected chi connectivity index (χ4v) is 4.56. The number of ether oxygens (including phenoxy) is 3. The fraction of sp³-hybridized carbons (Fsp3) is 0.400. The third kappa shape index (κ3) is 4.66. The summed E-state index contributed by atoms with van der Waals surface area (Å²) in [5, 5.41) is 3.41. The second-order valence-electron chi connectivity index (χ2n) is 6.34. The average Bonchev–Trinajstić information content (AvgIpc) is 3.09. The lowest BCUT2D eigenvalue weighted by Crippen LogP contribution is -2.29. The third-order valence-electron chi connectivity index (χ3n) is 4.85. The van der Waals surface area contributed by atoms with Gasteiger partial charge in [0.2, 0.25) is 0 Å². The molecule has 3 rings (SSSR count). The number of likely N-dealkylation sites (N-methyl/N-ethyl adjacent to an activating group) is 1. The number of nitrogens with one attached hydrogen (secondary N) is 1. The Hall–Kier alpha value is -2.29. The quantitative estimate of drug-likeness (QED) is 0.691. The Morgan fingerprint density at radius 2 is 1.90 bits per heavy atom. The van der Waals surface area contributed by atoms with Gasteiger partial charge in [-0.15, -0.1) is 23.7 Å². The van der Waals surface area contributed by atoms with Gasteiger partial charge in [-0.2, -0.15) is 0 Å². The summed E-state index contributed by atoms with van der Waals surface area (Å²) in [5.41, 5.74) is 1.85. The smallest absolute Gasteiger partial charge is 0.341 e. The number of methoxy groups -OCH3 is 3. The van der Waals surface area contributed by atoms with Crippen LogP contribution in [0.4, 0.5) is 5.00 Å². The molecule has 0 aliphatic carbocycles. The van der Waals surface area contributed by atoms with Crippen LogP contribution in [-0.4, -0.2) is 51.2 Å². The number of thiophene rings is 1. The number of fused-ring (bicyclic) bond motifs is 1. The van der Waals surface area contributed by atoms with Gasteiger partial charge < -0.3 is 19.5 Å². The SMILES string of the molecule is CCN1CCc2c(sc(NC(=O)c3ccc(OC)c(OC)c3)c2C(=O)OC)C1.Cl. The van der Waals surface area contributed by atoms with Crippen LogP contribution in [0.1, 0.15) is 38.1 Å². The van der Waals surface area contributed by atoms with E-state index in [4.69, 9.17) is 14.2 Å². The van der Waals surface area contributed by atoms with Crippen molar-refractivity contribution < 1.29 is 23.8 Å². The van der Waals surface area contributed by atoms with Crippen LogP contribution < -0.4 is 14.8 Å². The van der Waals surface area contributed by atoms with Crippen molar-refractivity contribution in [1.82, 2.24) is 4.90 Å². The lowest BCUT2D eigenvalue weighted by atomic mass is 10.0. The van der Waals surface area contributed by atoms with Gasteiger partial charge in [0.05, 0.1) is 26.9 Å². The minimum Gasteiger partial charge on any atom is -0.493 e. The molecule has 9 heteroatoms. The monoisotopic (exact) mass is 440 g/mol. The van der Waals surface area contributed by atoms with E-state index in [0.29, 0.717) is 27.6 Å². The van der Waals surface area contributed by atoms with Crippen LogP contribution in [0.15, 0.2) is 18.2 Å². The first kappa shape index (κ1) is 23.0. The van der Waals surface area contributed by atoms with Gasteiger partial charge in [-0.05, 0) is 36.7 Å². The van der Waals surface area contributed by atoms with E-state index >= 15 is 0 Å². The molecule has 1 aliphatic rings. The van der Waals surface area contributed by atoms with Crippen molar-refractivity contribution in [2.24, 2.45) is 0 Å². The number of nitrogens with zero attached hydrogens (tertiary/aromatic N) is 1. The molecule has 0 spiro atoms. The van der Waals surface area contributed by atoms with Crippen LogP contribution in [0.3, 0.4) is 0 Å². The van der Waals surface area contributed by atoms with Crippen molar-refractivity contribution in [2.75, 3.05) is 39.7 Å². The van der Waals surface area contributed by atoms with Crippen LogP contribution in [0.5, 0.6) is 11.5 Å². The van der Waals surface area contributed by atoms with E-state index in [0.717, 1.165) is 36.5 Å². The largest absolute Gasteiger partial charge is 0.493 e. The summed E-state index contributed by atoms with van der Waals surface area (Å²) in [6.07, 6.45) is 0.760. The summed E-state index contributed by atoms with van der Waals surface area (Å²) in [6, 6.07) is 4.94. The van der Waals surface area contributed by atoms with Gasteiger partial charge in [-0.3, -0.25) is 9.69 Å². The molecule has 0 saturated carbocycles. The average molecular weight is 441 g/mol. The van der Waals surface area contributed by atoms with E-state index in [-0.39, 0.29) is 18.3 Å². The zero-order chi connectivity index (χ0) is 20.3. The summed E-state index contributed by atoms with van der Waals surface area (Å²) >= 11 is 1.43. The van der Waals surface area contributed by atoms with E-state index in [2.05, 4.69) is 17.1 Å². The van der Waals surface area contributed by atoms with Gasteiger partial charge in [-0.1, -0.05) is 6.92 Å². The number of halogens is 1. The van der Waals surface area contributed by atoms with Gasteiger partial charge >= 0.3 is 5.97 Å². The first-order valence-corrected chi connectivity index (χ1v) is 9.82. The van der Waals surface area contributed by atoms with E-state index in [1.54, 1.807) is 18.2 Å². The van der Waals surface area contributed by atoms with Crippen molar-refractivity contribution in [3.05, 3.63) is 39.8 Å². The Bertz CT molecular complexity index is 899. The molecule has 29 heavy (non-hydrogen) atoms. The number of hydrogen-bond donors (Lipinski definition) is 1. The van der Waals surface area contributed by atoms with Crippen LogP contribution in [-0.2, 0) is 17.7 Å². The molecule has 1 aliphatic heterocycles. The summed E-state index contributed by atoms with van der Waals surface area (Å²) < 4.78 is 15.4. The number of carbonyl (C=O) groups is 2. The molecule has 0 saturated heterocycles. The Morgan fingerprint density at radius 3 is 2.52 bits per heavy atom. The minimum absolute atomic E-state index is 0. The molecule has 0 fully saturated rings. The van der Waals surface area contributed by atoms with Crippen LogP contribution in [0.25, 0.3) is 0 Å². The molecule has 2 aromatic rings. The predicted molar refractivity (Wildman–Crippen MR) is 115 cm³/mol. The molecule has 2 heterocycles. The molecule has 0 radical (unpaired) electrons. The van der Waals surface area contributed by atoms with Crippen molar-refractivity contribution in [3.8, 4) is 11.5 Å². The molecule has 1 aromatic carbocycles. The number of benzene rings is 1. The molecular formula is C20H25ClN2O5S. The van der Waals surface area contributed by atoms with Gasteiger partial charge in [0.25, 0.3) is 5.91 Å². The zero-order valence-corrected chi connectivity index (χ0v) is 18.5. The fourth-order valence-electron chi connectivity index (χ4n) is 3.29. The topological polar surface area (TPSA) is 77.1 Å². The van der Waals surface area contributed by atoms with E-state index in [1.165, 1.54) is 32.7 Å². The number of amides is 1. The number of hydrogen-bond acceptors (Lipinski definition) is 7. The number of carbonyl (C=O) groups excluding carboxylic acids is 2. The van der Waals surface area contributed by atoms with Gasteiger partial charge in [0.15, 0.2) is 11.5 Å². The molecule has 158 valence electrons. The van der Waals surface area contributed by atoms with Crippen molar-refractivity contribution in [1.29, 1.82) is 0 Å². The van der Waals surface area contributed by atoms with Crippen LogP contribution >= 0.6 is 23.7 Å². The molecule has 0 unspecified atom stereocenters. The summed E-state index contributed by atoms with van der Waals surface area (Å²) in [4.78, 5) is 28.6. The normalized spacial score (nSPS) is 13.1. The van der Waals surface area contributed by atoms with E-state index in [1.807, 2.05) is 0 Å². The maximum absolute atomic E-state index is 12.8. The lowest BCUT2D eigenvalue weighted by Gasteiger charge is -2.25. The first-order chi connectivity index (χ1) is 13.5. The molecule has 7 nitrogen and oxygen atoms in total. The highest BCUT2D eigenvalue weighted by Crippen LogP contribution is 2.38. The van der Waals surface area contributed by atoms with Gasteiger partial charge in [0.1, 0.15) is 5.00 Å². The number of rotatable bonds is 6. The van der Waals surface area contributed by atoms with Crippen molar-refractivity contribution in [2.45, 2.75) is 19.9 Å². The lowest BCUT2D eigenvalue weighted by molar-refractivity contribution is 0.0600. The second-order valence-corrected chi connectivity index (χ2v) is 7.45. The van der Waals surface area contributed by atoms with E-state index in [9.17, 15) is 9.59 Å². The standard InChI is InChI=1S/C20H24N2O5S.ClH/c1-5-22-9-8-13-16(11-22)28-19(17(13)20(24)27-4)21-18(23)12-6-7-14(25-2)15(10-12)26-3;/h6-7,10H,5,8-9,11H2,1-4H3,(H,21,23);1H. The second kappa shape index (κ2) is 9.96. The maximum Gasteiger partial charge on any atom is 0.341 e. The molecule has 0 bridgehead atoms. The summed E-state index contributed by atoms with van der Waals surface area (Å²) in [5.74, 6) is 0.259. The molecule has 1 aromatic heterocycles. The van der Waals surface area contributed by atoms with Gasteiger partial charge in [0, 0.05) is 23.5 Å². The summed E-state index contributed by atoms with van der Waals surface area (Å²) in [6.45, 7) is 4.71. The molecule has 0 atom stereocenters. The zero-order valence-electron chi connectivity index (χ0n) is 16.9. The minimum atomic E-state index is -0.426. The summed E-state index contributed by atoms with van der Waals surface area (Å²) in [7, 11) is 4.41. The molecular weight excluding hydrogens is 416 g/mol. The maximum atomic E-state index is 12.8. The highest BCUT2D eigenvalue weighted by Gasteiger charge is 2.29. The van der Waals surface area contributed by atoms with E-state index < -0.39 is 5.97 Å². The molecule has 1 amide bonds. The Morgan fingerprint density at radius 1 is 1.17 bits per heavy atom. The third-order valence-corrected chi connectivity index (χ3v) is 5.98. The first-order valence-electron chi connectivity index (χ1n) is 9.00. The number of esters is 1. The highest BCUT2D eigenvalue weighted by molar-refractivity contribution is 7.17. The number of anilines is 1. The predicted octanol–water partition coefficient (Wildman–Crippen LogP) is 3.60. The Balaban J connectivity index is 0.00000300. The Kier molecular flexibility index (Phi) is 7.89.